The van der Waals surface area contributed by atoms with Crippen LogP contribution in [0.25, 0.3) is 83.3 Å². The van der Waals surface area contributed by atoms with Crippen LogP contribution in [0.5, 0.6) is 17.2 Å². The number of fused-ring (bicyclic) bond motifs is 12. The van der Waals surface area contributed by atoms with E-state index in [0.29, 0.717) is 0 Å². The van der Waals surface area contributed by atoms with Crippen LogP contribution in [0.3, 0.4) is 0 Å². The van der Waals surface area contributed by atoms with E-state index < -0.39 is 0 Å². The number of benzene rings is 8. The third-order valence-corrected chi connectivity index (χ3v) is 11.7. The van der Waals surface area contributed by atoms with E-state index in [2.05, 4.69) is 171 Å². The average Bonchev–Trinajstić information content (AvgIpc) is 3.90. The molecule has 5 heterocycles. The van der Waals surface area contributed by atoms with Crippen LogP contribution in [0.1, 0.15) is 0 Å². The van der Waals surface area contributed by atoms with Crippen molar-refractivity contribution >= 4 is 67.5 Å². The summed E-state index contributed by atoms with van der Waals surface area (Å²) in [4.78, 5) is 5.15. The van der Waals surface area contributed by atoms with Crippen LogP contribution in [-0.4, -0.2) is 25.4 Å². The van der Waals surface area contributed by atoms with Gasteiger partial charge in [-0.25, -0.2) is 4.98 Å². The molecule has 0 bridgehead atoms. The van der Waals surface area contributed by atoms with Crippen LogP contribution < -0.4 is 20.3 Å². The van der Waals surface area contributed by atoms with Crippen molar-refractivity contribution in [3.8, 4) is 50.9 Å². The molecule has 0 saturated heterocycles. The van der Waals surface area contributed by atoms with Gasteiger partial charge in [-0.1, -0.05) is 91.0 Å². The largest absolute Gasteiger partial charge is 0.551 e. The summed E-state index contributed by atoms with van der Waals surface area (Å²) in [6.07, 6.45) is 0. The molecule has 0 fully saturated rings. The van der Waals surface area contributed by atoms with Gasteiger partial charge in [0.15, 0.2) is 0 Å². The molecule has 0 radical (unpaired) electrons. The Kier molecular flexibility index (Phi) is 5.89. The van der Waals surface area contributed by atoms with Gasteiger partial charge in [0.05, 0.1) is 38.8 Å². The highest BCUT2D eigenvalue weighted by Crippen LogP contribution is 2.43. The smallest absolute Gasteiger partial charge is 0.434 e. The molecule has 3 aromatic heterocycles. The zero-order valence-corrected chi connectivity index (χ0v) is 29.9. The van der Waals surface area contributed by atoms with E-state index in [1.165, 1.54) is 21.8 Å². The van der Waals surface area contributed by atoms with E-state index in [1.807, 2.05) is 18.2 Å². The zero-order valence-electron chi connectivity index (χ0n) is 29.9. The predicted octanol–water partition coefficient (Wildman–Crippen LogP) is 10.5. The number of ether oxygens (including phenoxy) is 1. The van der Waals surface area contributed by atoms with Crippen molar-refractivity contribution in [3.05, 3.63) is 176 Å². The van der Waals surface area contributed by atoms with E-state index in [1.54, 1.807) is 0 Å². The number of hydrogen-bond donors (Lipinski definition) is 0. The summed E-state index contributed by atoms with van der Waals surface area (Å²) in [5.41, 5.74) is 15.1. The fourth-order valence-electron chi connectivity index (χ4n) is 9.29. The SMILES string of the molecule is c1cc(-c2cc3c4c(c2)-c2cc(-n5c6ccccc6n6c7ccccc7nc56)ccc2OB4c2ccccc2O3)cc(-n2c3ccccc3c3ccccc32)c1. The van der Waals surface area contributed by atoms with Gasteiger partial charge in [-0.15, -0.1) is 0 Å². The first kappa shape index (κ1) is 29.9. The molecule has 0 aliphatic carbocycles. The molecule has 260 valence electrons. The Morgan fingerprint density at radius 3 is 1.98 bits per heavy atom. The molecule has 8 aromatic carbocycles. The maximum Gasteiger partial charge on any atom is 0.434 e. The highest BCUT2D eigenvalue weighted by Gasteiger charge is 2.41. The van der Waals surface area contributed by atoms with Crippen molar-refractivity contribution in [2.45, 2.75) is 0 Å². The Labute approximate surface area is 321 Å². The fraction of sp³-hybridized carbons (Fsp3) is 0. The molecule has 6 nitrogen and oxygen atoms in total. The van der Waals surface area contributed by atoms with Crippen LogP contribution in [0.4, 0.5) is 0 Å². The Morgan fingerprint density at radius 2 is 1.14 bits per heavy atom. The first-order chi connectivity index (χ1) is 27.8. The van der Waals surface area contributed by atoms with E-state index in [4.69, 9.17) is 14.4 Å². The summed E-state index contributed by atoms with van der Waals surface area (Å²) in [6, 6.07) is 62.3. The highest BCUT2D eigenvalue weighted by molar-refractivity contribution is 6.84. The monoisotopic (exact) mass is 716 g/mol. The van der Waals surface area contributed by atoms with Crippen LogP contribution in [0.15, 0.2) is 176 Å². The Bertz CT molecular complexity index is 3410. The molecule has 56 heavy (non-hydrogen) atoms. The second-order valence-corrected chi connectivity index (χ2v) is 14.7. The second-order valence-electron chi connectivity index (χ2n) is 14.7. The first-order valence-electron chi connectivity index (χ1n) is 19.0. The Hall–Kier alpha value is -7.51. The zero-order chi connectivity index (χ0) is 36.5. The van der Waals surface area contributed by atoms with Crippen molar-refractivity contribution in [2.75, 3.05) is 0 Å². The molecular weight excluding hydrogens is 687 g/mol. The van der Waals surface area contributed by atoms with E-state index in [0.717, 1.165) is 89.6 Å². The van der Waals surface area contributed by atoms with Crippen LogP contribution in [0, 0.1) is 0 Å². The molecule has 7 heteroatoms. The lowest BCUT2D eigenvalue weighted by Crippen LogP contribution is -2.53. The first-order valence-corrected chi connectivity index (χ1v) is 19.0. The standard InChI is InChI=1S/C49H29BN4O2/c1-5-18-40-34(14-1)35-15-2-6-19-41(35)52(40)32-13-11-12-30(26-32)31-27-37-36-29-33(24-25-45(36)56-50-38-16-3-10-23-46(38)55-47(28-31)48(37)50)53-43-21-8-9-22-44(43)54-42-20-7-4-17-39(42)51-49(53)54/h1-29H. The summed E-state index contributed by atoms with van der Waals surface area (Å²) >= 11 is 0. The van der Waals surface area contributed by atoms with Crippen LogP contribution in [0.2, 0.25) is 0 Å². The van der Waals surface area contributed by atoms with Gasteiger partial charge in [-0.3, -0.25) is 8.97 Å². The minimum atomic E-state index is -0.294. The van der Waals surface area contributed by atoms with Gasteiger partial charge in [0.25, 0.3) is 0 Å². The maximum atomic E-state index is 6.94. The second kappa shape index (κ2) is 11.0. The number of nitrogens with zero attached hydrogens (tertiary/aromatic N) is 4. The predicted molar refractivity (Wildman–Crippen MR) is 227 cm³/mol. The number of hydrogen-bond acceptors (Lipinski definition) is 3. The van der Waals surface area contributed by atoms with E-state index in [-0.39, 0.29) is 6.92 Å². The molecular formula is C49H29BN4O2. The highest BCUT2D eigenvalue weighted by atomic mass is 16.5. The summed E-state index contributed by atoms with van der Waals surface area (Å²) in [5.74, 6) is 3.34. The molecule has 0 atom stereocenters. The van der Waals surface area contributed by atoms with Crippen molar-refractivity contribution in [2.24, 2.45) is 0 Å². The molecule has 2 aliphatic rings. The summed E-state index contributed by atoms with van der Waals surface area (Å²) < 4.78 is 20.6. The van der Waals surface area contributed by atoms with Crippen LogP contribution in [-0.2, 0) is 0 Å². The maximum absolute atomic E-state index is 6.94. The van der Waals surface area contributed by atoms with Crippen molar-refractivity contribution < 1.29 is 9.39 Å². The van der Waals surface area contributed by atoms with Crippen LogP contribution >= 0.6 is 0 Å². The molecule has 13 rings (SSSR count). The van der Waals surface area contributed by atoms with Crippen molar-refractivity contribution in [3.63, 3.8) is 0 Å². The quantitative estimate of drug-likeness (QED) is 0.171. The van der Waals surface area contributed by atoms with Gasteiger partial charge in [0, 0.05) is 32.9 Å². The Balaban J connectivity index is 1.03. The van der Waals surface area contributed by atoms with Gasteiger partial charge in [-0.05, 0) is 102 Å². The van der Waals surface area contributed by atoms with E-state index in [9.17, 15) is 0 Å². The van der Waals surface area contributed by atoms with Gasteiger partial charge in [0.1, 0.15) is 17.2 Å². The minimum absolute atomic E-state index is 0.294. The lowest BCUT2D eigenvalue weighted by Gasteiger charge is -2.33. The third-order valence-electron chi connectivity index (χ3n) is 11.7. The molecule has 0 unspecified atom stereocenters. The van der Waals surface area contributed by atoms with Crippen molar-refractivity contribution in [1.29, 1.82) is 0 Å². The average molecular weight is 717 g/mol. The van der Waals surface area contributed by atoms with Gasteiger partial charge in [0.2, 0.25) is 5.78 Å². The molecule has 2 aliphatic heterocycles. The van der Waals surface area contributed by atoms with Crippen molar-refractivity contribution in [1.82, 2.24) is 18.5 Å². The minimum Gasteiger partial charge on any atom is -0.551 e. The number of rotatable bonds is 3. The van der Waals surface area contributed by atoms with E-state index >= 15 is 0 Å². The summed E-state index contributed by atoms with van der Waals surface area (Å²) in [6.45, 7) is -0.294. The normalized spacial score (nSPS) is 12.9. The molecule has 0 spiro atoms. The summed E-state index contributed by atoms with van der Waals surface area (Å²) in [7, 11) is 0. The number of imidazole rings is 2. The number of para-hydroxylation sites is 7. The molecule has 0 amide bonds. The molecule has 11 aromatic rings. The third kappa shape index (κ3) is 4.03. The van der Waals surface area contributed by atoms with Gasteiger partial charge < -0.3 is 14.0 Å². The molecule has 0 saturated carbocycles. The lowest BCUT2D eigenvalue weighted by molar-refractivity contribution is 0.479. The number of aromatic nitrogens is 4. The summed E-state index contributed by atoms with van der Waals surface area (Å²) in [5, 5.41) is 2.49. The molecule has 0 N–H and O–H groups in total. The lowest BCUT2D eigenvalue weighted by atomic mass is 9.50. The topological polar surface area (TPSA) is 45.6 Å². The Morgan fingerprint density at radius 1 is 0.446 bits per heavy atom. The fourth-order valence-corrected chi connectivity index (χ4v) is 9.29. The van der Waals surface area contributed by atoms with Gasteiger partial charge in [-0.2, -0.15) is 0 Å². The van der Waals surface area contributed by atoms with Gasteiger partial charge >= 0.3 is 6.92 Å².